The molecule has 1 heterocycles. The van der Waals surface area contributed by atoms with Crippen LogP contribution in [0.2, 0.25) is 0 Å². The van der Waals surface area contributed by atoms with Crippen molar-refractivity contribution in [3.05, 3.63) is 52.2 Å². The summed E-state index contributed by atoms with van der Waals surface area (Å²) in [5.41, 5.74) is 0.423. The van der Waals surface area contributed by atoms with E-state index in [1.54, 1.807) is 35.6 Å². The predicted octanol–water partition coefficient (Wildman–Crippen LogP) is 2.88. The van der Waals surface area contributed by atoms with Gasteiger partial charge in [-0.25, -0.2) is 0 Å². The summed E-state index contributed by atoms with van der Waals surface area (Å²) in [7, 11) is 0. The number of nitrogens with zero attached hydrogens (tertiary/aromatic N) is 1. The number of hydrogen-bond acceptors (Lipinski definition) is 4. The number of amides is 1. The van der Waals surface area contributed by atoms with Crippen LogP contribution < -0.4 is 10.1 Å². The highest BCUT2D eigenvalue weighted by Crippen LogP contribution is 2.18. The van der Waals surface area contributed by atoms with Gasteiger partial charge in [0.1, 0.15) is 11.8 Å². The molecule has 4 nitrogen and oxygen atoms in total. The zero-order valence-electron chi connectivity index (χ0n) is 11.0. The van der Waals surface area contributed by atoms with Gasteiger partial charge in [-0.05, 0) is 30.5 Å². The lowest BCUT2D eigenvalue weighted by Crippen LogP contribution is -2.31. The van der Waals surface area contributed by atoms with Crippen LogP contribution in [-0.4, -0.2) is 12.5 Å². The van der Waals surface area contributed by atoms with E-state index in [1.165, 1.54) is 0 Å². The quantitative estimate of drug-likeness (QED) is 0.919. The zero-order chi connectivity index (χ0) is 14.4. The Kier molecular flexibility index (Phi) is 4.75. The predicted molar refractivity (Wildman–Crippen MR) is 77.5 cm³/mol. The molecular weight excluding hydrogens is 272 g/mol. The van der Waals surface area contributed by atoms with E-state index in [-0.39, 0.29) is 18.6 Å². The minimum atomic E-state index is -0.210. The van der Waals surface area contributed by atoms with E-state index in [0.29, 0.717) is 11.3 Å². The Morgan fingerprint density at radius 1 is 1.40 bits per heavy atom. The van der Waals surface area contributed by atoms with Crippen LogP contribution in [0.25, 0.3) is 0 Å². The van der Waals surface area contributed by atoms with E-state index in [1.807, 2.05) is 30.5 Å². The fourth-order valence-corrected chi connectivity index (χ4v) is 2.45. The van der Waals surface area contributed by atoms with Crippen LogP contribution in [0.4, 0.5) is 0 Å². The summed E-state index contributed by atoms with van der Waals surface area (Å²) >= 11 is 1.59. The maximum absolute atomic E-state index is 11.8. The molecule has 1 aromatic carbocycles. The fourth-order valence-electron chi connectivity index (χ4n) is 1.72. The summed E-state index contributed by atoms with van der Waals surface area (Å²) in [6.45, 7) is 1.82. The van der Waals surface area contributed by atoms with Crippen LogP contribution in [0.15, 0.2) is 41.8 Å². The summed E-state index contributed by atoms with van der Waals surface area (Å²) in [5, 5.41) is 13.7. The number of nitrogens with one attached hydrogen (secondary N) is 1. The summed E-state index contributed by atoms with van der Waals surface area (Å²) in [5.74, 6) is 0.215. The van der Waals surface area contributed by atoms with Crippen molar-refractivity contribution in [2.45, 2.75) is 13.0 Å². The highest BCUT2D eigenvalue weighted by atomic mass is 32.1. The third kappa shape index (κ3) is 3.59. The Hall–Kier alpha value is -2.32. The maximum Gasteiger partial charge on any atom is 0.258 e. The van der Waals surface area contributed by atoms with Crippen molar-refractivity contribution < 1.29 is 9.53 Å². The van der Waals surface area contributed by atoms with E-state index in [0.717, 1.165) is 4.88 Å². The molecule has 0 saturated carbocycles. The number of para-hydroxylation sites is 1. The molecule has 1 atom stereocenters. The average Bonchev–Trinajstić information content (AvgIpc) is 2.99. The van der Waals surface area contributed by atoms with Gasteiger partial charge >= 0.3 is 0 Å². The van der Waals surface area contributed by atoms with Gasteiger partial charge in [0.2, 0.25) is 0 Å². The monoisotopic (exact) mass is 286 g/mol. The Morgan fingerprint density at radius 3 is 2.90 bits per heavy atom. The minimum Gasteiger partial charge on any atom is -0.482 e. The summed E-state index contributed by atoms with van der Waals surface area (Å²) in [6, 6.07) is 12.8. The molecule has 0 radical (unpaired) electrons. The lowest BCUT2D eigenvalue weighted by molar-refractivity contribution is -0.123. The molecular formula is C15H14N2O2S. The average molecular weight is 286 g/mol. The van der Waals surface area contributed by atoms with Crippen molar-refractivity contribution in [2.24, 2.45) is 0 Å². The number of benzene rings is 1. The van der Waals surface area contributed by atoms with Crippen LogP contribution in [0.3, 0.4) is 0 Å². The molecule has 5 heteroatoms. The van der Waals surface area contributed by atoms with Crippen molar-refractivity contribution >= 4 is 17.2 Å². The molecule has 1 amide bonds. The Labute approximate surface area is 121 Å². The van der Waals surface area contributed by atoms with Gasteiger partial charge in [0.15, 0.2) is 6.61 Å². The maximum atomic E-state index is 11.8. The second kappa shape index (κ2) is 6.73. The van der Waals surface area contributed by atoms with E-state index in [9.17, 15) is 4.79 Å². The zero-order valence-corrected chi connectivity index (χ0v) is 11.8. The van der Waals surface area contributed by atoms with E-state index >= 15 is 0 Å². The molecule has 102 valence electrons. The molecule has 1 aromatic heterocycles. The smallest absolute Gasteiger partial charge is 0.258 e. The van der Waals surface area contributed by atoms with E-state index in [4.69, 9.17) is 10.00 Å². The lowest BCUT2D eigenvalue weighted by atomic mass is 10.2. The lowest BCUT2D eigenvalue weighted by Gasteiger charge is -2.13. The van der Waals surface area contributed by atoms with E-state index < -0.39 is 0 Å². The molecule has 0 aliphatic heterocycles. The molecule has 0 spiro atoms. The summed E-state index contributed by atoms with van der Waals surface area (Å²) < 4.78 is 5.38. The Bertz CT molecular complexity index is 617. The van der Waals surface area contributed by atoms with Gasteiger partial charge in [0.05, 0.1) is 11.6 Å². The standard InChI is InChI=1S/C15H14N2O2S/c1-11(14-7-4-8-20-14)17-15(18)10-19-13-6-3-2-5-12(13)9-16/h2-8,11H,10H2,1H3,(H,17,18)/t11-/m0/s1. The van der Waals surface area contributed by atoms with Crippen LogP contribution in [0.1, 0.15) is 23.4 Å². The van der Waals surface area contributed by atoms with Crippen molar-refractivity contribution in [1.82, 2.24) is 5.32 Å². The first-order valence-corrected chi connectivity index (χ1v) is 7.03. The molecule has 0 fully saturated rings. The van der Waals surface area contributed by atoms with Crippen molar-refractivity contribution in [3.8, 4) is 11.8 Å². The summed E-state index contributed by atoms with van der Waals surface area (Å²) in [4.78, 5) is 12.9. The second-order valence-corrected chi connectivity index (χ2v) is 5.18. The third-order valence-corrected chi connectivity index (χ3v) is 3.77. The number of rotatable bonds is 5. The topological polar surface area (TPSA) is 62.1 Å². The van der Waals surface area contributed by atoms with Crippen LogP contribution in [-0.2, 0) is 4.79 Å². The third-order valence-electron chi connectivity index (χ3n) is 2.71. The first kappa shape index (κ1) is 14.1. The number of carbonyl (C=O) groups is 1. The van der Waals surface area contributed by atoms with Gasteiger partial charge in [-0.15, -0.1) is 11.3 Å². The van der Waals surface area contributed by atoms with Gasteiger partial charge in [0, 0.05) is 4.88 Å². The number of hydrogen-bond donors (Lipinski definition) is 1. The van der Waals surface area contributed by atoms with Gasteiger partial charge in [-0.2, -0.15) is 5.26 Å². The van der Waals surface area contributed by atoms with E-state index in [2.05, 4.69) is 5.32 Å². The first-order chi connectivity index (χ1) is 9.70. The van der Waals surface area contributed by atoms with Gasteiger partial charge in [0.25, 0.3) is 5.91 Å². The molecule has 0 saturated heterocycles. The molecule has 2 rings (SSSR count). The Balaban J connectivity index is 1.88. The molecule has 0 bridgehead atoms. The summed E-state index contributed by atoms with van der Waals surface area (Å²) in [6.07, 6.45) is 0. The molecule has 0 unspecified atom stereocenters. The van der Waals surface area contributed by atoms with Gasteiger partial charge < -0.3 is 10.1 Å². The molecule has 0 aliphatic rings. The van der Waals surface area contributed by atoms with Crippen LogP contribution in [0, 0.1) is 11.3 Å². The van der Waals surface area contributed by atoms with Crippen molar-refractivity contribution in [2.75, 3.05) is 6.61 Å². The highest BCUT2D eigenvalue weighted by molar-refractivity contribution is 7.10. The highest BCUT2D eigenvalue weighted by Gasteiger charge is 2.11. The number of nitriles is 1. The van der Waals surface area contributed by atoms with Crippen LogP contribution >= 0.6 is 11.3 Å². The number of thiophene rings is 1. The SMILES string of the molecule is C[C@H](NC(=O)COc1ccccc1C#N)c1cccs1. The molecule has 2 aromatic rings. The van der Waals surface area contributed by atoms with Crippen molar-refractivity contribution in [3.63, 3.8) is 0 Å². The minimum absolute atomic E-state index is 0.0442. The number of ether oxygens (including phenoxy) is 1. The number of carbonyl (C=O) groups excluding carboxylic acids is 1. The van der Waals surface area contributed by atoms with Gasteiger partial charge in [-0.1, -0.05) is 18.2 Å². The normalized spacial score (nSPS) is 11.4. The first-order valence-electron chi connectivity index (χ1n) is 6.15. The largest absolute Gasteiger partial charge is 0.482 e. The second-order valence-electron chi connectivity index (χ2n) is 4.20. The van der Waals surface area contributed by atoms with Crippen LogP contribution in [0.5, 0.6) is 5.75 Å². The Morgan fingerprint density at radius 2 is 2.20 bits per heavy atom. The molecule has 0 aliphatic carbocycles. The fraction of sp³-hybridized carbons (Fsp3) is 0.200. The molecule has 20 heavy (non-hydrogen) atoms. The van der Waals surface area contributed by atoms with Gasteiger partial charge in [-0.3, -0.25) is 4.79 Å². The molecule has 1 N–H and O–H groups in total. The van der Waals surface area contributed by atoms with Crippen molar-refractivity contribution in [1.29, 1.82) is 5.26 Å².